The number of hydrogen-bond donors (Lipinski definition) is 1. The molecule has 0 saturated heterocycles. The zero-order chi connectivity index (χ0) is 12.4. The van der Waals surface area contributed by atoms with E-state index in [1.807, 2.05) is 13.8 Å². The van der Waals surface area contributed by atoms with Crippen LogP contribution in [0.25, 0.3) is 0 Å². The fourth-order valence-electron chi connectivity index (χ4n) is 0.509. The van der Waals surface area contributed by atoms with Crippen molar-refractivity contribution in [2.24, 2.45) is 11.8 Å². The van der Waals surface area contributed by atoms with Crippen LogP contribution in [0.1, 0.15) is 36.0 Å². The van der Waals surface area contributed by atoms with Crippen LogP contribution in [0.5, 0.6) is 0 Å². The Morgan fingerprint density at radius 3 is 1.87 bits per heavy atom. The van der Waals surface area contributed by atoms with Crippen LogP contribution in [0.4, 0.5) is 0 Å². The molecule has 0 bridgehead atoms. The molecule has 0 spiro atoms. The molecule has 0 radical (unpaired) electrons. The third-order valence-electron chi connectivity index (χ3n) is 1.84. The van der Waals surface area contributed by atoms with Crippen LogP contribution in [-0.4, -0.2) is 38.0 Å². The molecule has 0 saturated carbocycles. The van der Waals surface area contributed by atoms with Gasteiger partial charge >= 0.3 is 0 Å². The molecule has 94 valence electrons. The van der Waals surface area contributed by atoms with Gasteiger partial charge in [0.25, 0.3) is 0 Å². The first-order valence-electron chi connectivity index (χ1n) is 5.73. The maximum atomic E-state index is 10.9. The molecular formula is C12H30N2O. The predicted octanol–water partition coefficient (Wildman–Crippen LogP) is 2.23. The predicted molar refractivity (Wildman–Crippen MR) is 69.0 cm³/mol. The summed E-state index contributed by atoms with van der Waals surface area (Å²) in [5.74, 6) is 0.801. The molecule has 0 unspecified atom stereocenters. The summed E-state index contributed by atoms with van der Waals surface area (Å²) in [6, 6.07) is 0. The standard InChI is InChI=1S/C8H17NO.C4H11N.H2/c1-6(2)5-9-8(10)7(3)4;1-4-5(2)3;/h6-7H,5H2,1-4H3,(H,9,10);4H2,1-3H3;1H. The Morgan fingerprint density at radius 2 is 1.67 bits per heavy atom. The summed E-state index contributed by atoms with van der Waals surface area (Å²) in [6.07, 6.45) is 0. The molecule has 3 nitrogen and oxygen atoms in total. The Bertz CT molecular complexity index is 159. The van der Waals surface area contributed by atoms with E-state index < -0.39 is 0 Å². The van der Waals surface area contributed by atoms with Gasteiger partial charge in [-0.05, 0) is 26.6 Å². The van der Waals surface area contributed by atoms with Crippen LogP contribution >= 0.6 is 0 Å². The smallest absolute Gasteiger partial charge is 0.222 e. The number of rotatable bonds is 4. The van der Waals surface area contributed by atoms with Crippen molar-refractivity contribution in [1.29, 1.82) is 0 Å². The second-order valence-electron chi connectivity index (χ2n) is 4.69. The molecule has 0 rings (SSSR count). The van der Waals surface area contributed by atoms with Crippen LogP contribution < -0.4 is 5.32 Å². The van der Waals surface area contributed by atoms with Crippen molar-refractivity contribution in [3.05, 3.63) is 0 Å². The quantitative estimate of drug-likeness (QED) is 0.785. The van der Waals surface area contributed by atoms with Crippen LogP contribution in [-0.2, 0) is 4.79 Å². The summed E-state index contributed by atoms with van der Waals surface area (Å²) in [7, 11) is 4.11. The molecule has 0 aromatic rings. The molecular weight excluding hydrogens is 188 g/mol. The Labute approximate surface area is 96.7 Å². The van der Waals surface area contributed by atoms with Gasteiger partial charge in [0, 0.05) is 13.9 Å². The van der Waals surface area contributed by atoms with Gasteiger partial charge in [0.2, 0.25) is 5.91 Å². The van der Waals surface area contributed by atoms with Crippen molar-refractivity contribution >= 4 is 5.91 Å². The van der Waals surface area contributed by atoms with E-state index in [4.69, 9.17) is 0 Å². The van der Waals surface area contributed by atoms with Gasteiger partial charge < -0.3 is 10.2 Å². The third kappa shape index (κ3) is 16.1. The monoisotopic (exact) mass is 218 g/mol. The van der Waals surface area contributed by atoms with Gasteiger partial charge in [0.05, 0.1) is 0 Å². The lowest BCUT2D eigenvalue weighted by Gasteiger charge is -2.08. The number of carbonyl (C=O) groups is 1. The molecule has 0 aliphatic heterocycles. The Balaban J connectivity index is -0.000000242. The van der Waals surface area contributed by atoms with Gasteiger partial charge in [0.1, 0.15) is 0 Å². The fourth-order valence-corrected chi connectivity index (χ4v) is 0.509. The first-order chi connectivity index (χ1) is 6.81. The lowest BCUT2D eigenvalue weighted by Crippen LogP contribution is -2.30. The van der Waals surface area contributed by atoms with Gasteiger partial charge in [-0.25, -0.2) is 0 Å². The number of nitrogens with one attached hydrogen (secondary N) is 1. The number of hydrogen-bond acceptors (Lipinski definition) is 2. The minimum atomic E-state index is 0. The minimum absolute atomic E-state index is 0. The third-order valence-corrected chi connectivity index (χ3v) is 1.84. The zero-order valence-electron chi connectivity index (χ0n) is 11.4. The second kappa shape index (κ2) is 9.97. The summed E-state index contributed by atoms with van der Waals surface area (Å²) in [4.78, 5) is 13.1. The molecule has 0 aliphatic carbocycles. The fraction of sp³-hybridized carbons (Fsp3) is 0.917. The summed E-state index contributed by atoms with van der Waals surface area (Å²) in [6.45, 7) is 12.0. The summed E-state index contributed by atoms with van der Waals surface area (Å²) >= 11 is 0. The summed E-state index contributed by atoms with van der Waals surface area (Å²) in [5.41, 5.74) is 0. The SMILES string of the molecule is CC(C)CNC(=O)C(C)C.CCN(C)C.[HH]. The minimum Gasteiger partial charge on any atom is -0.356 e. The molecule has 1 amide bonds. The first-order valence-corrected chi connectivity index (χ1v) is 5.73. The molecule has 0 aromatic heterocycles. The maximum absolute atomic E-state index is 10.9. The lowest BCUT2D eigenvalue weighted by atomic mass is 10.2. The topological polar surface area (TPSA) is 32.3 Å². The number of carbonyl (C=O) groups excluding carboxylic acids is 1. The highest BCUT2D eigenvalue weighted by atomic mass is 16.1. The molecule has 0 fully saturated rings. The Hall–Kier alpha value is -0.570. The highest BCUT2D eigenvalue weighted by molar-refractivity contribution is 5.77. The molecule has 15 heavy (non-hydrogen) atoms. The average Bonchev–Trinajstić information content (AvgIpc) is 2.14. The van der Waals surface area contributed by atoms with E-state index in [2.05, 4.69) is 45.1 Å². The molecule has 1 N–H and O–H groups in total. The Morgan fingerprint density at radius 1 is 1.27 bits per heavy atom. The van der Waals surface area contributed by atoms with Gasteiger partial charge in [-0.2, -0.15) is 0 Å². The van der Waals surface area contributed by atoms with Crippen molar-refractivity contribution in [3.8, 4) is 0 Å². The number of amides is 1. The van der Waals surface area contributed by atoms with Crippen LogP contribution in [0, 0.1) is 11.8 Å². The molecule has 0 atom stereocenters. The zero-order valence-corrected chi connectivity index (χ0v) is 11.4. The normalized spacial score (nSPS) is 10.3. The Kier molecular flexibility index (Phi) is 11.2. The van der Waals surface area contributed by atoms with E-state index in [0.717, 1.165) is 13.1 Å². The van der Waals surface area contributed by atoms with Crippen molar-refractivity contribution in [2.45, 2.75) is 34.6 Å². The van der Waals surface area contributed by atoms with E-state index in [1.165, 1.54) is 0 Å². The summed E-state index contributed by atoms with van der Waals surface area (Å²) in [5, 5.41) is 2.84. The average molecular weight is 218 g/mol. The van der Waals surface area contributed by atoms with Crippen LogP contribution in [0.15, 0.2) is 0 Å². The van der Waals surface area contributed by atoms with E-state index in [9.17, 15) is 4.79 Å². The maximum Gasteiger partial charge on any atom is 0.222 e. The van der Waals surface area contributed by atoms with E-state index in [0.29, 0.717) is 5.92 Å². The lowest BCUT2D eigenvalue weighted by molar-refractivity contribution is -0.124. The second-order valence-corrected chi connectivity index (χ2v) is 4.69. The highest BCUT2D eigenvalue weighted by Crippen LogP contribution is 1.92. The van der Waals surface area contributed by atoms with Crippen molar-refractivity contribution in [1.82, 2.24) is 10.2 Å². The van der Waals surface area contributed by atoms with E-state index in [1.54, 1.807) is 0 Å². The van der Waals surface area contributed by atoms with Crippen molar-refractivity contribution in [3.63, 3.8) is 0 Å². The van der Waals surface area contributed by atoms with E-state index in [-0.39, 0.29) is 13.3 Å². The number of nitrogens with zero attached hydrogens (tertiary/aromatic N) is 1. The van der Waals surface area contributed by atoms with Crippen molar-refractivity contribution in [2.75, 3.05) is 27.2 Å². The van der Waals surface area contributed by atoms with Crippen LogP contribution in [0.2, 0.25) is 0 Å². The van der Waals surface area contributed by atoms with Gasteiger partial charge in [-0.1, -0.05) is 34.6 Å². The van der Waals surface area contributed by atoms with Crippen molar-refractivity contribution < 1.29 is 6.22 Å². The van der Waals surface area contributed by atoms with Crippen LogP contribution in [0.3, 0.4) is 0 Å². The molecule has 0 aliphatic rings. The van der Waals surface area contributed by atoms with Gasteiger partial charge in [-0.15, -0.1) is 0 Å². The van der Waals surface area contributed by atoms with Gasteiger partial charge in [0.15, 0.2) is 0 Å². The summed E-state index contributed by atoms with van der Waals surface area (Å²) < 4.78 is 0. The molecule has 3 heteroatoms. The largest absolute Gasteiger partial charge is 0.356 e. The highest BCUT2D eigenvalue weighted by Gasteiger charge is 2.05. The molecule has 0 heterocycles. The van der Waals surface area contributed by atoms with E-state index >= 15 is 0 Å². The van der Waals surface area contributed by atoms with Gasteiger partial charge in [-0.3, -0.25) is 4.79 Å². The first kappa shape index (κ1) is 16.8. The molecule has 0 aromatic carbocycles.